The summed E-state index contributed by atoms with van der Waals surface area (Å²) in [5, 5.41) is 4.60. The molecule has 28 heavy (non-hydrogen) atoms. The van der Waals surface area contributed by atoms with Crippen molar-refractivity contribution in [2.75, 3.05) is 45.1 Å². The maximum absolute atomic E-state index is 13.1. The Bertz CT molecular complexity index is 930. The quantitative estimate of drug-likeness (QED) is 0.804. The van der Waals surface area contributed by atoms with E-state index in [0.29, 0.717) is 11.8 Å². The predicted octanol–water partition coefficient (Wildman–Crippen LogP) is 3.01. The number of anilines is 1. The van der Waals surface area contributed by atoms with Crippen molar-refractivity contribution in [2.45, 2.75) is 19.8 Å². The van der Waals surface area contributed by atoms with E-state index >= 15 is 0 Å². The van der Waals surface area contributed by atoms with Gasteiger partial charge in [0.25, 0.3) is 5.91 Å². The molecule has 1 N–H and O–H groups in total. The summed E-state index contributed by atoms with van der Waals surface area (Å²) >= 11 is 1.50. The van der Waals surface area contributed by atoms with E-state index in [1.807, 2.05) is 11.8 Å². The number of carbonyl (C=O) groups excluding carboxylic acids is 1. The zero-order valence-corrected chi connectivity index (χ0v) is 17.3. The summed E-state index contributed by atoms with van der Waals surface area (Å²) in [4.78, 5) is 28.0. The van der Waals surface area contributed by atoms with Crippen LogP contribution in [-0.2, 0) is 0 Å². The van der Waals surface area contributed by atoms with Gasteiger partial charge >= 0.3 is 0 Å². The summed E-state index contributed by atoms with van der Waals surface area (Å²) in [7, 11) is 2.10. The number of allylic oxidation sites excluding steroid dienone is 2. The number of hydrogen-bond donors (Lipinski definition) is 1. The van der Waals surface area contributed by atoms with E-state index in [4.69, 9.17) is 0 Å². The zero-order valence-electron chi connectivity index (χ0n) is 16.5. The van der Waals surface area contributed by atoms with Crippen LogP contribution in [0.15, 0.2) is 18.5 Å². The number of thiophene rings is 1. The molecule has 0 unspecified atom stereocenters. The minimum atomic E-state index is 0.137. The van der Waals surface area contributed by atoms with E-state index in [-0.39, 0.29) is 5.91 Å². The molecule has 7 heteroatoms. The Labute approximate surface area is 169 Å². The first-order valence-corrected chi connectivity index (χ1v) is 11.1. The van der Waals surface area contributed by atoms with Crippen molar-refractivity contribution in [3.05, 3.63) is 28.9 Å². The second-order valence-electron chi connectivity index (χ2n) is 8.48. The maximum atomic E-state index is 13.1. The number of likely N-dealkylation sites (N-methyl/N-ethyl adjacent to an activating group) is 1. The molecule has 2 aromatic rings. The Morgan fingerprint density at radius 1 is 1.21 bits per heavy atom. The minimum absolute atomic E-state index is 0.137. The number of aromatic nitrogens is 2. The maximum Gasteiger partial charge on any atom is 0.264 e. The van der Waals surface area contributed by atoms with Crippen LogP contribution in [0, 0.1) is 24.7 Å². The second kappa shape index (κ2) is 7.12. The Kier molecular flexibility index (Phi) is 4.59. The molecule has 148 valence electrons. The lowest BCUT2D eigenvalue weighted by atomic mass is 9.93. The number of amides is 1. The van der Waals surface area contributed by atoms with Crippen LogP contribution in [0.3, 0.4) is 0 Å². The molecular formula is C21H27N5OS. The normalized spacial score (nSPS) is 27.1. The highest BCUT2D eigenvalue weighted by atomic mass is 32.1. The first-order valence-electron chi connectivity index (χ1n) is 10.2. The molecule has 6 nitrogen and oxygen atoms in total. The lowest BCUT2D eigenvalue weighted by Crippen LogP contribution is -2.47. The number of hydrogen-bond acceptors (Lipinski definition) is 6. The molecule has 0 aromatic carbocycles. The lowest BCUT2D eigenvalue weighted by Gasteiger charge is -2.32. The summed E-state index contributed by atoms with van der Waals surface area (Å²) in [5.41, 5.74) is 1.01. The molecule has 5 rings (SSSR count). The van der Waals surface area contributed by atoms with Crippen molar-refractivity contribution in [3.63, 3.8) is 0 Å². The van der Waals surface area contributed by atoms with Crippen molar-refractivity contribution < 1.29 is 4.79 Å². The largest absolute Gasteiger partial charge is 0.369 e. The molecular weight excluding hydrogens is 370 g/mol. The summed E-state index contributed by atoms with van der Waals surface area (Å²) < 4.78 is 0. The number of carbonyl (C=O) groups is 1. The molecule has 2 aromatic heterocycles. The Morgan fingerprint density at radius 2 is 2.04 bits per heavy atom. The van der Waals surface area contributed by atoms with Crippen molar-refractivity contribution in [2.24, 2.45) is 17.8 Å². The fraction of sp³-hybridized carbons (Fsp3) is 0.571. The van der Waals surface area contributed by atoms with Gasteiger partial charge in [-0.1, -0.05) is 12.2 Å². The van der Waals surface area contributed by atoms with E-state index in [2.05, 4.69) is 39.4 Å². The van der Waals surface area contributed by atoms with Crippen LogP contribution < -0.4 is 5.32 Å². The average Bonchev–Trinajstić information content (AvgIpc) is 3.41. The minimum Gasteiger partial charge on any atom is -0.369 e. The van der Waals surface area contributed by atoms with Crippen LogP contribution in [0.1, 0.15) is 28.1 Å². The highest BCUT2D eigenvalue weighted by Crippen LogP contribution is 2.43. The standard InChI is InChI=1S/C21H27N5OS/c1-13-17-19(22-11-16-10-14-3-4-15(16)9-14)23-12-24-20(17)28-18(13)21(27)26-7-5-25(2)6-8-26/h3-4,12,14-16H,5-11H2,1-2H3,(H,22,23,24)/t14-,15+,16-/m0/s1. The molecule has 3 atom stereocenters. The molecule has 1 aliphatic heterocycles. The van der Waals surface area contributed by atoms with Gasteiger partial charge in [-0.15, -0.1) is 11.3 Å². The van der Waals surface area contributed by atoms with Gasteiger partial charge in [-0.3, -0.25) is 4.79 Å². The number of aryl methyl sites for hydroxylation is 1. The number of nitrogens with zero attached hydrogens (tertiary/aromatic N) is 4. The van der Waals surface area contributed by atoms with Crippen LogP contribution in [0.4, 0.5) is 5.82 Å². The molecule has 3 heterocycles. The molecule has 0 radical (unpaired) electrons. The van der Waals surface area contributed by atoms with Crippen molar-refractivity contribution in [1.82, 2.24) is 19.8 Å². The van der Waals surface area contributed by atoms with Gasteiger partial charge in [0.2, 0.25) is 0 Å². The van der Waals surface area contributed by atoms with E-state index in [0.717, 1.165) is 65.1 Å². The van der Waals surface area contributed by atoms with Gasteiger partial charge in [0.05, 0.1) is 10.3 Å². The van der Waals surface area contributed by atoms with Gasteiger partial charge in [-0.25, -0.2) is 9.97 Å². The average molecular weight is 398 g/mol. The topological polar surface area (TPSA) is 61.4 Å². The van der Waals surface area contributed by atoms with E-state index in [1.54, 1.807) is 6.33 Å². The molecule has 2 bridgehead atoms. The SMILES string of the molecule is Cc1c(C(=O)N2CCN(C)CC2)sc2ncnc(NC[C@@H]3C[C@H]4C=C[C@@H]3C4)c12. The summed E-state index contributed by atoms with van der Waals surface area (Å²) in [5.74, 6) is 3.19. The van der Waals surface area contributed by atoms with Crippen molar-refractivity contribution in [3.8, 4) is 0 Å². The Hall–Kier alpha value is -1.99. The van der Waals surface area contributed by atoms with E-state index in [1.165, 1.54) is 24.2 Å². The molecule has 1 saturated carbocycles. The fourth-order valence-corrected chi connectivity index (χ4v) is 6.04. The fourth-order valence-electron chi connectivity index (χ4n) is 4.92. The highest BCUT2D eigenvalue weighted by molar-refractivity contribution is 7.20. The van der Waals surface area contributed by atoms with Crippen LogP contribution in [0.5, 0.6) is 0 Å². The van der Waals surface area contributed by atoms with Crippen LogP contribution in [0.25, 0.3) is 10.2 Å². The van der Waals surface area contributed by atoms with Gasteiger partial charge in [0.15, 0.2) is 0 Å². The van der Waals surface area contributed by atoms with Gasteiger partial charge in [0.1, 0.15) is 17.0 Å². The molecule has 2 aliphatic carbocycles. The monoisotopic (exact) mass is 397 g/mol. The first-order chi connectivity index (χ1) is 13.6. The molecule has 1 saturated heterocycles. The Morgan fingerprint density at radius 3 is 2.75 bits per heavy atom. The van der Waals surface area contributed by atoms with Crippen LogP contribution in [-0.4, -0.2) is 65.4 Å². The summed E-state index contributed by atoms with van der Waals surface area (Å²) in [6, 6.07) is 0. The van der Waals surface area contributed by atoms with Crippen molar-refractivity contribution >= 4 is 33.3 Å². The smallest absolute Gasteiger partial charge is 0.264 e. The summed E-state index contributed by atoms with van der Waals surface area (Å²) in [6.45, 7) is 6.42. The third-order valence-electron chi connectivity index (χ3n) is 6.66. The van der Waals surface area contributed by atoms with Gasteiger partial charge < -0.3 is 15.1 Å². The third-order valence-corrected chi connectivity index (χ3v) is 7.85. The number of fused-ring (bicyclic) bond motifs is 3. The number of rotatable bonds is 4. The second-order valence-corrected chi connectivity index (χ2v) is 9.47. The van der Waals surface area contributed by atoms with Crippen molar-refractivity contribution in [1.29, 1.82) is 0 Å². The van der Waals surface area contributed by atoms with Gasteiger partial charge in [-0.05, 0) is 50.1 Å². The summed E-state index contributed by atoms with van der Waals surface area (Å²) in [6.07, 6.45) is 8.97. The van der Waals surface area contributed by atoms with Gasteiger partial charge in [-0.2, -0.15) is 0 Å². The first kappa shape index (κ1) is 18.1. The molecule has 1 amide bonds. The van der Waals surface area contributed by atoms with Gasteiger partial charge in [0, 0.05) is 32.7 Å². The highest BCUT2D eigenvalue weighted by Gasteiger charge is 2.35. The third kappa shape index (κ3) is 3.10. The van der Waals surface area contributed by atoms with E-state index in [9.17, 15) is 4.79 Å². The zero-order chi connectivity index (χ0) is 19.3. The predicted molar refractivity (Wildman–Crippen MR) is 113 cm³/mol. The number of piperazine rings is 1. The number of nitrogens with one attached hydrogen (secondary N) is 1. The molecule has 0 spiro atoms. The lowest BCUT2D eigenvalue weighted by molar-refractivity contribution is 0.0668. The molecule has 3 aliphatic rings. The van der Waals surface area contributed by atoms with E-state index < -0.39 is 0 Å². The van der Waals surface area contributed by atoms with Crippen LogP contribution >= 0.6 is 11.3 Å². The Balaban J connectivity index is 1.37. The molecule has 2 fully saturated rings. The van der Waals surface area contributed by atoms with Crippen LogP contribution in [0.2, 0.25) is 0 Å².